The van der Waals surface area contributed by atoms with Crippen molar-refractivity contribution < 1.29 is 27.5 Å². The van der Waals surface area contributed by atoms with Crippen molar-refractivity contribution in [2.24, 2.45) is 0 Å². The van der Waals surface area contributed by atoms with Gasteiger partial charge in [-0.2, -0.15) is 13.2 Å². The van der Waals surface area contributed by atoms with Gasteiger partial charge < -0.3 is 15.4 Å². The molecule has 1 rings (SSSR count). The Labute approximate surface area is 169 Å². The second-order valence-corrected chi connectivity index (χ2v) is 7.36. The van der Waals surface area contributed by atoms with E-state index in [1.807, 2.05) is 0 Å². The SMILES string of the molecule is CC/C=C(/C=C(\Nc1cccc(CNC(=O)OC(C)(C)C)c1)C(C)=O)C(F)(F)F. The quantitative estimate of drug-likeness (QED) is 0.459. The molecule has 0 fully saturated rings. The van der Waals surface area contributed by atoms with E-state index in [1.54, 1.807) is 52.0 Å². The summed E-state index contributed by atoms with van der Waals surface area (Å²) in [5.41, 5.74) is -0.590. The molecule has 0 heterocycles. The fourth-order valence-electron chi connectivity index (χ4n) is 2.26. The lowest BCUT2D eigenvalue weighted by Crippen LogP contribution is -2.32. The number of benzene rings is 1. The third-order valence-corrected chi connectivity index (χ3v) is 3.47. The standard InChI is InChI=1S/C21H27F3N2O3/c1-6-8-16(21(22,23)24)12-18(14(2)27)26-17-10-7-9-15(11-17)13-25-19(28)29-20(3,4)5/h7-12,26H,6,13H2,1-5H3,(H,25,28)/b16-8-,18-12-. The van der Waals surface area contributed by atoms with Crippen molar-refractivity contribution in [3.8, 4) is 0 Å². The number of ether oxygens (including phenoxy) is 1. The third-order valence-electron chi connectivity index (χ3n) is 3.47. The Hall–Kier alpha value is -2.77. The molecule has 0 aromatic heterocycles. The number of Topliss-reactive ketones (excluding diaryl/α,β-unsaturated/α-hetero) is 1. The summed E-state index contributed by atoms with van der Waals surface area (Å²) in [5.74, 6) is -0.534. The van der Waals surface area contributed by atoms with Crippen LogP contribution < -0.4 is 10.6 Å². The zero-order valence-corrected chi connectivity index (χ0v) is 17.2. The number of rotatable bonds is 7. The number of halogens is 3. The van der Waals surface area contributed by atoms with E-state index in [-0.39, 0.29) is 18.7 Å². The minimum absolute atomic E-state index is 0.160. The predicted molar refractivity (Wildman–Crippen MR) is 106 cm³/mol. The van der Waals surface area contributed by atoms with Crippen molar-refractivity contribution in [1.29, 1.82) is 0 Å². The van der Waals surface area contributed by atoms with Crippen LogP contribution in [0.3, 0.4) is 0 Å². The smallest absolute Gasteiger partial charge is 0.416 e. The summed E-state index contributed by atoms with van der Waals surface area (Å²) in [7, 11) is 0. The Bertz CT molecular complexity index is 791. The second-order valence-electron chi connectivity index (χ2n) is 7.36. The average Bonchev–Trinajstić information content (AvgIpc) is 2.56. The molecule has 1 aromatic carbocycles. The molecule has 5 nitrogen and oxygen atoms in total. The van der Waals surface area contributed by atoms with Gasteiger partial charge in [0.2, 0.25) is 0 Å². The van der Waals surface area contributed by atoms with Crippen LogP contribution in [-0.4, -0.2) is 23.7 Å². The summed E-state index contributed by atoms with van der Waals surface area (Å²) in [4.78, 5) is 23.6. The molecule has 29 heavy (non-hydrogen) atoms. The van der Waals surface area contributed by atoms with Crippen molar-refractivity contribution in [2.45, 2.75) is 59.4 Å². The van der Waals surface area contributed by atoms with Gasteiger partial charge in [0.05, 0.1) is 11.3 Å². The van der Waals surface area contributed by atoms with Crippen LogP contribution in [0.1, 0.15) is 46.6 Å². The number of ketones is 1. The van der Waals surface area contributed by atoms with Crippen molar-refractivity contribution in [1.82, 2.24) is 5.32 Å². The number of alkyl carbamates (subject to hydrolysis) is 1. The summed E-state index contributed by atoms with van der Waals surface area (Å²) >= 11 is 0. The molecule has 0 atom stereocenters. The van der Waals surface area contributed by atoms with Crippen molar-refractivity contribution >= 4 is 17.6 Å². The molecule has 0 spiro atoms. The molecular weight excluding hydrogens is 385 g/mol. The van der Waals surface area contributed by atoms with Crippen molar-refractivity contribution in [3.05, 3.63) is 53.3 Å². The summed E-state index contributed by atoms with van der Waals surface area (Å²) in [6, 6.07) is 6.64. The van der Waals surface area contributed by atoms with E-state index in [4.69, 9.17) is 4.74 Å². The first-order valence-electron chi connectivity index (χ1n) is 9.14. The number of nitrogens with one attached hydrogen (secondary N) is 2. The average molecular weight is 412 g/mol. The van der Waals surface area contributed by atoms with Crippen LogP contribution in [0, 0.1) is 0 Å². The van der Waals surface area contributed by atoms with Crippen LogP contribution >= 0.6 is 0 Å². The van der Waals surface area contributed by atoms with Gasteiger partial charge in [0.25, 0.3) is 0 Å². The lowest BCUT2D eigenvalue weighted by atomic mass is 10.1. The van der Waals surface area contributed by atoms with E-state index < -0.39 is 29.2 Å². The monoisotopic (exact) mass is 412 g/mol. The van der Waals surface area contributed by atoms with Gasteiger partial charge in [0, 0.05) is 19.2 Å². The zero-order chi connectivity index (χ0) is 22.2. The highest BCUT2D eigenvalue weighted by molar-refractivity contribution is 5.96. The van der Waals surface area contributed by atoms with Crippen molar-refractivity contribution in [2.75, 3.05) is 5.32 Å². The number of carbonyl (C=O) groups excluding carboxylic acids is 2. The van der Waals surface area contributed by atoms with Gasteiger partial charge >= 0.3 is 12.3 Å². The van der Waals surface area contributed by atoms with Gasteiger partial charge in [-0.1, -0.05) is 25.1 Å². The molecule has 1 aromatic rings. The van der Waals surface area contributed by atoms with Gasteiger partial charge in [0.1, 0.15) is 5.60 Å². The van der Waals surface area contributed by atoms with E-state index in [1.165, 1.54) is 6.92 Å². The lowest BCUT2D eigenvalue weighted by Gasteiger charge is -2.19. The largest absolute Gasteiger partial charge is 0.444 e. The van der Waals surface area contributed by atoms with Gasteiger partial charge in [-0.05, 0) is 51.0 Å². The Morgan fingerprint density at radius 1 is 1.17 bits per heavy atom. The third kappa shape index (κ3) is 9.32. The highest BCUT2D eigenvalue weighted by Crippen LogP contribution is 2.28. The maximum Gasteiger partial charge on any atom is 0.416 e. The minimum Gasteiger partial charge on any atom is -0.444 e. The molecule has 0 aliphatic rings. The molecule has 0 aliphatic carbocycles. The van der Waals surface area contributed by atoms with Gasteiger partial charge in [0.15, 0.2) is 5.78 Å². The predicted octanol–water partition coefficient (Wildman–Crippen LogP) is 5.49. The van der Waals surface area contributed by atoms with E-state index in [0.717, 1.165) is 12.2 Å². The minimum atomic E-state index is -4.56. The van der Waals surface area contributed by atoms with Crippen LogP contribution in [0.4, 0.5) is 23.7 Å². The maximum absolute atomic E-state index is 13.1. The lowest BCUT2D eigenvalue weighted by molar-refractivity contribution is -0.113. The fourth-order valence-corrected chi connectivity index (χ4v) is 2.26. The summed E-state index contributed by atoms with van der Waals surface area (Å²) < 4.78 is 44.5. The first-order valence-corrected chi connectivity index (χ1v) is 9.14. The summed E-state index contributed by atoms with van der Waals surface area (Å²) in [6.45, 7) is 8.17. The molecule has 0 saturated carbocycles. The van der Waals surface area contributed by atoms with Crippen molar-refractivity contribution in [3.63, 3.8) is 0 Å². The number of hydrogen-bond donors (Lipinski definition) is 2. The number of allylic oxidation sites excluding steroid dienone is 4. The highest BCUT2D eigenvalue weighted by atomic mass is 19.4. The Morgan fingerprint density at radius 2 is 1.83 bits per heavy atom. The molecule has 1 amide bonds. The summed E-state index contributed by atoms with van der Waals surface area (Å²) in [5, 5.41) is 5.33. The van der Waals surface area contributed by atoms with Gasteiger partial charge in [-0.3, -0.25) is 4.79 Å². The van der Waals surface area contributed by atoms with Gasteiger partial charge in [-0.25, -0.2) is 4.79 Å². The number of anilines is 1. The molecule has 2 N–H and O–H groups in total. The van der Waals surface area contributed by atoms with E-state index in [9.17, 15) is 22.8 Å². The summed E-state index contributed by atoms with van der Waals surface area (Å²) in [6.07, 6.45) is -3.14. The van der Waals surface area contributed by atoms with Crippen LogP contribution in [0.25, 0.3) is 0 Å². The highest BCUT2D eigenvalue weighted by Gasteiger charge is 2.32. The number of carbonyl (C=O) groups is 2. The van der Waals surface area contributed by atoms with E-state index >= 15 is 0 Å². The number of amides is 1. The van der Waals surface area contributed by atoms with Gasteiger partial charge in [-0.15, -0.1) is 0 Å². The Kier molecular flexibility index (Phi) is 8.48. The normalized spacial score (nSPS) is 13.1. The fraction of sp³-hybridized carbons (Fsp3) is 0.429. The van der Waals surface area contributed by atoms with Crippen LogP contribution in [-0.2, 0) is 16.1 Å². The molecule has 0 radical (unpaired) electrons. The Morgan fingerprint density at radius 3 is 2.34 bits per heavy atom. The van der Waals surface area contributed by atoms with E-state index in [0.29, 0.717) is 11.3 Å². The second kappa shape index (κ2) is 10.1. The van der Waals surface area contributed by atoms with Crippen LogP contribution in [0.5, 0.6) is 0 Å². The topological polar surface area (TPSA) is 67.4 Å². The molecule has 160 valence electrons. The number of alkyl halides is 3. The molecule has 8 heteroatoms. The number of hydrogen-bond acceptors (Lipinski definition) is 4. The van der Waals surface area contributed by atoms with Crippen LogP contribution in [0.2, 0.25) is 0 Å². The Balaban J connectivity index is 2.96. The zero-order valence-electron chi connectivity index (χ0n) is 17.2. The van der Waals surface area contributed by atoms with Crippen LogP contribution in [0.15, 0.2) is 47.7 Å². The molecule has 0 aliphatic heterocycles. The first kappa shape index (κ1) is 24.3. The molecule has 0 saturated heterocycles. The molecule has 0 bridgehead atoms. The first-order chi connectivity index (χ1) is 13.3. The molecule has 0 unspecified atom stereocenters. The maximum atomic E-state index is 13.1. The molecular formula is C21H27F3N2O3. The van der Waals surface area contributed by atoms with E-state index in [2.05, 4.69) is 10.6 Å².